The highest BCUT2D eigenvalue weighted by molar-refractivity contribution is 5.27. The topological polar surface area (TPSA) is 18.5 Å². The van der Waals surface area contributed by atoms with E-state index in [0.29, 0.717) is 12.5 Å². The van der Waals surface area contributed by atoms with Gasteiger partial charge in [-0.3, -0.25) is 0 Å². The summed E-state index contributed by atoms with van der Waals surface area (Å²) in [5.74, 6) is 0.323. The Hall–Kier alpha value is -1.12. The smallest absolute Gasteiger partial charge is 0.0952 e. The molecule has 0 amide bonds. The molecule has 0 aliphatic carbocycles. The molecule has 0 fully saturated rings. The molecule has 0 aliphatic heterocycles. The van der Waals surface area contributed by atoms with Crippen molar-refractivity contribution in [2.75, 3.05) is 6.61 Å². The van der Waals surface area contributed by atoms with Crippen LogP contribution in [0.15, 0.2) is 35.9 Å². The summed E-state index contributed by atoms with van der Waals surface area (Å²) in [5, 5.41) is 0. The molecule has 0 heterocycles. The zero-order valence-electron chi connectivity index (χ0n) is 13.7. The van der Waals surface area contributed by atoms with Crippen molar-refractivity contribution in [3.8, 4) is 0 Å². The van der Waals surface area contributed by atoms with Gasteiger partial charge in [-0.15, -0.1) is 0 Å². The highest BCUT2D eigenvalue weighted by atomic mass is 17.2. The fraction of sp³-hybridized carbons (Fsp3) is 0.556. The second kappa shape index (κ2) is 7.61. The standard InChI is InChI=1S/C18H28O2/c1-14(2)10-11-16-8-7-9-17(12-16)15(3)13-19-20-18(4,5)6/h7-10,12,15H,11,13H2,1-6H3. The lowest BCUT2D eigenvalue weighted by molar-refractivity contribution is -0.350. The lowest BCUT2D eigenvalue weighted by Gasteiger charge is -2.20. The van der Waals surface area contributed by atoms with E-state index in [2.05, 4.69) is 51.1 Å². The van der Waals surface area contributed by atoms with Crippen LogP contribution in [0.25, 0.3) is 0 Å². The van der Waals surface area contributed by atoms with Gasteiger partial charge in [-0.25, -0.2) is 9.78 Å². The van der Waals surface area contributed by atoms with E-state index in [-0.39, 0.29) is 5.60 Å². The van der Waals surface area contributed by atoms with Gasteiger partial charge in [-0.1, -0.05) is 42.8 Å². The summed E-state index contributed by atoms with van der Waals surface area (Å²) in [4.78, 5) is 10.7. The number of rotatable bonds is 6. The third-order valence-corrected chi connectivity index (χ3v) is 2.89. The van der Waals surface area contributed by atoms with E-state index >= 15 is 0 Å². The summed E-state index contributed by atoms with van der Waals surface area (Å²) >= 11 is 0. The van der Waals surface area contributed by atoms with Gasteiger partial charge >= 0.3 is 0 Å². The summed E-state index contributed by atoms with van der Waals surface area (Å²) in [5.41, 5.74) is 3.73. The molecule has 1 atom stereocenters. The van der Waals surface area contributed by atoms with Crippen molar-refractivity contribution in [1.82, 2.24) is 0 Å². The normalized spacial score (nSPS) is 13.1. The molecule has 0 aromatic heterocycles. The minimum atomic E-state index is -0.259. The van der Waals surface area contributed by atoms with Gasteiger partial charge in [0.1, 0.15) is 0 Å². The van der Waals surface area contributed by atoms with Crippen molar-refractivity contribution in [1.29, 1.82) is 0 Å². The first-order chi connectivity index (χ1) is 9.28. The molecule has 0 radical (unpaired) electrons. The maximum atomic E-state index is 5.34. The molecular formula is C18H28O2. The summed E-state index contributed by atoms with van der Waals surface area (Å²) in [7, 11) is 0. The van der Waals surface area contributed by atoms with Crippen LogP contribution in [0.1, 0.15) is 58.6 Å². The van der Waals surface area contributed by atoms with E-state index in [9.17, 15) is 0 Å². The highest BCUT2D eigenvalue weighted by Crippen LogP contribution is 2.19. The summed E-state index contributed by atoms with van der Waals surface area (Å²) in [6, 6.07) is 8.69. The molecule has 0 N–H and O–H groups in total. The van der Waals surface area contributed by atoms with Crippen LogP contribution in [0.4, 0.5) is 0 Å². The van der Waals surface area contributed by atoms with Crippen LogP contribution in [-0.2, 0) is 16.2 Å². The summed E-state index contributed by atoms with van der Waals surface area (Å²) in [6.45, 7) is 12.9. The van der Waals surface area contributed by atoms with E-state index in [1.807, 2.05) is 20.8 Å². The first kappa shape index (κ1) is 16.9. The largest absolute Gasteiger partial charge is 0.236 e. The molecule has 2 heteroatoms. The van der Waals surface area contributed by atoms with Gasteiger partial charge in [0.05, 0.1) is 12.2 Å². The number of hydrogen-bond donors (Lipinski definition) is 0. The Bertz CT molecular complexity index is 437. The summed E-state index contributed by atoms with van der Waals surface area (Å²) in [6.07, 6.45) is 3.24. The molecule has 2 nitrogen and oxygen atoms in total. The molecule has 1 aromatic rings. The van der Waals surface area contributed by atoms with Crippen LogP contribution in [0.5, 0.6) is 0 Å². The van der Waals surface area contributed by atoms with Crippen LogP contribution >= 0.6 is 0 Å². The Balaban J connectivity index is 2.57. The molecule has 0 bridgehead atoms. The van der Waals surface area contributed by atoms with E-state index < -0.39 is 0 Å². The van der Waals surface area contributed by atoms with Crippen LogP contribution in [0, 0.1) is 0 Å². The molecule has 112 valence electrons. The molecule has 1 unspecified atom stereocenters. The minimum absolute atomic E-state index is 0.259. The maximum Gasteiger partial charge on any atom is 0.0952 e. The first-order valence-corrected chi connectivity index (χ1v) is 7.31. The van der Waals surface area contributed by atoms with Crippen molar-refractivity contribution < 1.29 is 9.78 Å². The van der Waals surface area contributed by atoms with Crippen molar-refractivity contribution in [2.24, 2.45) is 0 Å². The third-order valence-electron chi connectivity index (χ3n) is 2.89. The minimum Gasteiger partial charge on any atom is -0.236 e. The van der Waals surface area contributed by atoms with Crippen LogP contribution < -0.4 is 0 Å². The third kappa shape index (κ3) is 6.88. The second-order valence-electron chi connectivity index (χ2n) is 6.61. The van der Waals surface area contributed by atoms with Gasteiger partial charge < -0.3 is 0 Å². The highest BCUT2D eigenvalue weighted by Gasteiger charge is 2.13. The van der Waals surface area contributed by atoms with E-state index in [0.717, 1.165) is 6.42 Å². The number of hydrogen-bond acceptors (Lipinski definition) is 2. The van der Waals surface area contributed by atoms with Gasteiger partial charge in [-0.05, 0) is 52.2 Å². The molecular weight excluding hydrogens is 248 g/mol. The van der Waals surface area contributed by atoms with Gasteiger partial charge in [0, 0.05) is 5.92 Å². The average molecular weight is 276 g/mol. The van der Waals surface area contributed by atoms with E-state index in [1.54, 1.807) is 0 Å². The lowest BCUT2D eigenvalue weighted by atomic mass is 9.98. The second-order valence-corrected chi connectivity index (χ2v) is 6.61. The van der Waals surface area contributed by atoms with E-state index in [1.165, 1.54) is 16.7 Å². The first-order valence-electron chi connectivity index (χ1n) is 7.31. The predicted molar refractivity (Wildman–Crippen MR) is 84.8 cm³/mol. The van der Waals surface area contributed by atoms with Gasteiger partial charge in [0.2, 0.25) is 0 Å². The zero-order chi connectivity index (χ0) is 15.2. The van der Waals surface area contributed by atoms with Crippen LogP contribution in [0.3, 0.4) is 0 Å². The Kier molecular flexibility index (Phi) is 6.44. The van der Waals surface area contributed by atoms with Crippen LogP contribution in [-0.4, -0.2) is 12.2 Å². The fourth-order valence-electron chi connectivity index (χ4n) is 1.76. The monoisotopic (exact) mass is 276 g/mol. The number of benzene rings is 1. The molecule has 0 spiro atoms. The van der Waals surface area contributed by atoms with Gasteiger partial charge in [0.25, 0.3) is 0 Å². The molecule has 0 saturated carbocycles. The Morgan fingerprint density at radius 3 is 2.55 bits per heavy atom. The van der Waals surface area contributed by atoms with Gasteiger partial charge in [-0.2, -0.15) is 0 Å². The summed E-state index contributed by atoms with van der Waals surface area (Å²) < 4.78 is 0. The van der Waals surface area contributed by atoms with Crippen molar-refractivity contribution >= 4 is 0 Å². The maximum absolute atomic E-state index is 5.34. The predicted octanol–water partition coefficient (Wildman–Crippen LogP) is 5.05. The molecule has 0 saturated heterocycles. The SMILES string of the molecule is CC(C)=CCc1cccc(C(C)COOC(C)(C)C)c1. The van der Waals surface area contributed by atoms with Crippen molar-refractivity contribution in [2.45, 2.75) is 59.5 Å². The van der Waals surface area contributed by atoms with Gasteiger partial charge in [0.15, 0.2) is 0 Å². The molecule has 1 rings (SSSR count). The zero-order valence-corrected chi connectivity index (χ0v) is 13.7. The van der Waals surface area contributed by atoms with Crippen molar-refractivity contribution in [3.05, 3.63) is 47.0 Å². The Morgan fingerprint density at radius 1 is 1.25 bits per heavy atom. The molecule has 1 aromatic carbocycles. The molecule has 0 aliphatic rings. The van der Waals surface area contributed by atoms with Crippen molar-refractivity contribution in [3.63, 3.8) is 0 Å². The van der Waals surface area contributed by atoms with Crippen LogP contribution in [0.2, 0.25) is 0 Å². The number of allylic oxidation sites excluding steroid dienone is 2. The fourth-order valence-corrected chi connectivity index (χ4v) is 1.76. The molecule has 20 heavy (non-hydrogen) atoms. The quantitative estimate of drug-likeness (QED) is 0.411. The Labute approximate surface area is 123 Å². The van der Waals surface area contributed by atoms with E-state index in [4.69, 9.17) is 9.78 Å². The lowest BCUT2D eigenvalue weighted by Crippen LogP contribution is -2.20. The Morgan fingerprint density at radius 2 is 1.95 bits per heavy atom. The average Bonchev–Trinajstić information content (AvgIpc) is 2.35.